The van der Waals surface area contributed by atoms with Crippen LogP contribution in [0.25, 0.3) is 0 Å². The first-order valence-electron chi connectivity index (χ1n) is 6.73. The highest BCUT2D eigenvalue weighted by atomic mass is 14.9. The average molecular weight is 215 g/mol. The summed E-state index contributed by atoms with van der Waals surface area (Å²) >= 11 is 0. The average Bonchev–Trinajstić information content (AvgIpc) is 2.97. The lowest BCUT2D eigenvalue weighted by Gasteiger charge is -2.09. The Kier molecular flexibility index (Phi) is 2.96. The van der Waals surface area contributed by atoms with Gasteiger partial charge in [0.2, 0.25) is 0 Å². The van der Waals surface area contributed by atoms with E-state index in [1.165, 1.54) is 51.6 Å². The number of aryl methyl sites for hydroxylation is 3. The molecule has 1 saturated heterocycles. The molecule has 0 bridgehead atoms. The van der Waals surface area contributed by atoms with Gasteiger partial charge in [-0.2, -0.15) is 0 Å². The van der Waals surface area contributed by atoms with Crippen molar-refractivity contribution in [2.75, 3.05) is 13.1 Å². The molecule has 1 aliphatic heterocycles. The van der Waals surface area contributed by atoms with Crippen LogP contribution in [0.2, 0.25) is 0 Å². The van der Waals surface area contributed by atoms with Gasteiger partial charge in [0, 0.05) is 0 Å². The van der Waals surface area contributed by atoms with E-state index in [1.54, 1.807) is 16.7 Å². The molecule has 1 atom stereocenters. The van der Waals surface area contributed by atoms with Gasteiger partial charge in [0.25, 0.3) is 0 Å². The molecule has 1 aliphatic carbocycles. The molecule has 86 valence electrons. The molecule has 0 aromatic heterocycles. The largest absolute Gasteiger partial charge is 0.316 e. The molecule has 1 heteroatoms. The molecular weight excluding hydrogens is 194 g/mol. The molecule has 1 fully saturated rings. The maximum atomic E-state index is 3.45. The van der Waals surface area contributed by atoms with Gasteiger partial charge in [-0.15, -0.1) is 0 Å². The van der Waals surface area contributed by atoms with E-state index in [9.17, 15) is 0 Å². The van der Waals surface area contributed by atoms with Crippen LogP contribution in [0.3, 0.4) is 0 Å². The first-order chi connectivity index (χ1) is 7.92. The molecule has 2 aliphatic rings. The highest BCUT2D eigenvalue weighted by molar-refractivity contribution is 5.35. The molecule has 1 unspecified atom stereocenters. The monoisotopic (exact) mass is 215 g/mol. The van der Waals surface area contributed by atoms with Gasteiger partial charge >= 0.3 is 0 Å². The molecule has 0 radical (unpaired) electrons. The van der Waals surface area contributed by atoms with Crippen LogP contribution in [0.4, 0.5) is 0 Å². The van der Waals surface area contributed by atoms with E-state index in [4.69, 9.17) is 0 Å². The second-order valence-electron chi connectivity index (χ2n) is 5.35. The second-order valence-corrected chi connectivity index (χ2v) is 5.35. The number of rotatable bonds is 3. The van der Waals surface area contributed by atoms with E-state index >= 15 is 0 Å². The van der Waals surface area contributed by atoms with E-state index in [0.29, 0.717) is 0 Å². The van der Waals surface area contributed by atoms with Crippen LogP contribution in [0.1, 0.15) is 36.0 Å². The summed E-state index contributed by atoms with van der Waals surface area (Å²) in [5, 5.41) is 3.45. The highest BCUT2D eigenvalue weighted by Gasteiger charge is 2.15. The summed E-state index contributed by atoms with van der Waals surface area (Å²) in [5.74, 6) is 0.924. The molecule has 1 aromatic rings. The Hall–Kier alpha value is -0.820. The summed E-state index contributed by atoms with van der Waals surface area (Å²) in [5.41, 5.74) is 4.79. The lowest BCUT2D eigenvalue weighted by molar-refractivity contribution is 0.533. The lowest BCUT2D eigenvalue weighted by Crippen LogP contribution is -2.09. The molecule has 3 rings (SSSR count). The van der Waals surface area contributed by atoms with Crippen LogP contribution in [0, 0.1) is 5.92 Å². The van der Waals surface area contributed by atoms with Crippen molar-refractivity contribution in [1.29, 1.82) is 0 Å². The Balaban J connectivity index is 1.61. The number of nitrogens with one attached hydrogen (secondary N) is 1. The molecule has 16 heavy (non-hydrogen) atoms. The molecule has 0 spiro atoms. The van der Waals surface area contributed by atoms with Gasteiger partial charge in [-0.3, -0.25) is 0 Å². The summed E-state index contributed by atoms with van der Waals surface area (Å²) in [4.78, 5) is 0. The highest BCUT2D eigenvalue weighted by Crippen LogP contribution is 2.24. The summed E-state index contributed by atoms with van der Waals surface area (Å²) in [7, 11) is 0. The van der Waals surface area contributed by atoms with Crippen molar-refractivity contribution in [2.24, 2.45) is 5.92 Å². The second kappa shape index (κ2) is 4.58. The fraction of sp³-hybridized carbons (Fsp3) is 0.600. The third kappa shape index (κ3) is 2.15. The number of hydrogen-bond acceptors (Lipinski definition) is 1. The smallest absolute Gasteiger partial charge is 0.00199 e. The number of hydrogen-bond donors (Lipinski definition) is 1. The number of fused-ring (bicyclic) bond motifs is 1. The van der Waals surface area contributed by atoms with Crippen LogP contribution >= 0.6 is 0 Å². The lowest BCUT2D eigenvalue weighted by atomic mass is 9.97. The van der Waals surface area contributed by atoms with Crippen molar-refractivity contribution >= 4 is 0 Å². The van der Waals surface area contributed by atoms with Crippen LogP contribution in [0.15, 0.2) is 18.2 Å². The first kappa shape index (κ1) is 10.3. The number of benzene rings is 1. The Morgan fingerprint density at radius 3 is 3.00 bits per heavy atom. The Labute approximate surface area is 98.3 Å². The fourth-order valence-electron chi connectivity index (χ4n) is 3.11. The van der Waals surface area contributed by atoms with E-state index in [2.05, 4.69) is 23.5 Å². The summed E-state index contributed by atoms with van der Waals surface area (Å²) in [6, 6.07) is 7.18. The zero-order valence-electron chi connectivity index (χ0n) is 9.97. The third-order valence-corrected chi connectivity index (χ3v) is 4.17. The minimum absolute atomic E-state index is 0.924. The van der Waals surface area contributed by atoms with Crippen LogP contribution in [-0.4, -0.2) is 13.1 Å². The van der Waals surface area contributed by atoms with Crippen molar-refractivity contribution < 1.29 is 0 Å². The van der Waals surface area contributed by atoms with Crippen LogP contribution in [0.5, 0.6) is 0 Å². The van der Waals surface area contributed by atoms with Gasteiger partial charge in [-0.05, 0) is 74.2 Å². The summed E-state index contributed by atoms with van der Waals surface area (Å²) < 4.78 is 0. The predicted molar refractivity (Wildman–Crippen MR) is 67.8 cm³/mol. The van der Waals surface area contributed by atoms with Crippen LogP contribution < -0.4 is 5.32 Å². The van der Waals surface area contributed by atoms with Crippen molar-refractivity contribution in [3.63, 3.8) is 0 Å². The van der Waals surface area contributed by atoms with Gasteiger partial charge < -0.3 is 5.32 Å². The van der Waals surface area contributed by atoms with E-state index < -0.39 is 0 Å². The molecule has 0 amide bonds. The Morgan fingerprint density at radius 2 is 2.12 bits per heavy atom. The minimum atomic E-state index is 0.924. The zero-order chi connectivity index (χ0) is 10.8. The first-order valence-corrected chi connectivity index (χ1v) is 6.73. The zero-order valence-corrected chi connectivity index (χ0v) is 9.97. The van der Waals surface area contributed by atoms with E-state index in [-0.39, 0.29) is 0 Å². The normalized spacial score (nSPS) is 23.6. The Bertz CT molecular complexity index is 364. The maximum absolute atomic E-state index is 3.45. The maximum Gasteiger partial charge on any atom is -0.00199 e. The predicted octanol–water partition coefficient (Wildman–Crippen LogP) is 2.72. The van der Waals surface area contributed by atoms with Gasteiger partial charge in [-0.25, -0.2) is 0 Å². The topological polar surface area (TPSA) is 12.0 Å². The third-order valence-electron chi connectivity index (χ3n) is 4.17. The van der Waals surface area contributed by atoms with Crippen molar-refractivity contribution in [3.8, 4) is 0 Å². The SMILES string of the molecule is c1cc2c(cc1CCC1CCNC1)CCC2. The van der Waals surface area contributed by atoms with Gasteiger partial charge in [-0.1, -0.05) is 18.2 Å². The molecule has 1 aromatic carbocycles. The van der Waals surface area contributed by atoms with Crippen molar-refractivity contribution in [1.82, 2.24) is 5.32 Å². The van der Waals surface area contributed by atoms with Crippen molar-refractivity contribution in [3.05, 3.63) is 34.9 Å². The quantitative estimate of drug-likeness (QED) is 0.817. The molecule has 1 heterocycles. The molecular formula is C15H21N. The van der Waals surface area contributed by atoms with Gasteiger partial charge in [0.15, 0.2) is 0 Å². The summed E-state index contributed by atoms with van der Waals surface area (Å²) in [6.45, 7) is 2.47. The van der Waals surface area contributed by atoms with E-state index in [1.807, 2.05) is 0 Å². The molecule has 1 N–H and O–H groups in total. The molecule has 1 nitrogen and oxygen atoms in total. The minimum Gasteiger partial charge on any atom is -0.316 e. The standard InChI is InChI=1S/C15H21N/c1-2-14-7-6-12(10-15(14)3-1)4-5-13-8-9-16-11-13/h6-7,10,13,16H,1-5,8-9,11H2. The van der Waals surface area contributed by atoms with Crippen LogP contribution in [-0.2, 0) is 19.3 Å². The van der Waals surface area contributed by atoms with E-state index in [0.717, 1.165) is 5.92 Å². The summed E-state index contributed by atoms with van der Waals surface area (Å²) in [6.07, 6.45) is 8.01. The molecule has 0 saturated carbocycles. The van der Waals surface area contributed by atoms with Crippen molar-refractivity contribution in [2.45, 2.75) is 38.5 Å². The van der Waals surface area contributed by atoms with Gasteiger partial charge in [0.1, 0.15) is 0 Å². The Morgan fingerprint density at radius 1 is 1.19 bits per heavy atom. The van der Waals surface area contributed by atoms with Gasteiger partial charge in [0.05, 0.1) is 0 Å². The fourth-order valence-corrected chi connectivity index (χ4v) is 3.11.